The van der Waals surface area contributed by atoms with E-state index in [2.05, 4.69) is 4.72 Å². The largest absolute Gasteiger partial charge is 0.380 e. The summed E-state index contributed by atoms with van der Waals surface area (Å²) in [4.78, 5) is 0. The number of aromatic nitrogens is 1. The first-order valence-electron chi connectivity index (χ1n) is 7.38. The topological polar surface area (TPSA) is 60.3 Å². The van der Waals surface area contributed by atoms with Crippen LogP contribution in [-0.4, -0.2) is 31.4 Å². The molecule has 22 heavy (non-hydrogen) atoms. The van der Waals surface area contributed by atoms with Gasteiger partial charge in [0.1, 0.15) is 5.25 Å². The Labute approximate surface area is 131 Å². The number of nitrogens with one attached hydrogen (secondary N) is 1. The molecule has 1 aromatic carbocycles. The van der Waals surface area contributed by atoms with E-state index in [-0.39, 0.29) is 6.10 Å². The van der Waals surface area contributed by atoms with Crippen LogP contribution in [0.1, 0.15) is 19.3 Å². The SMILES string of the molecule is COC1CCCC1S(=O)(=O)Nc1cccc(-n2cccc2)c1. The van der Waals surface area contributed by atoms with Gasteiger partial charge in [-0.1, -0.05) is 6.07 Å². The molecule has 0 bridgehead atoms. The van der Waals surface area contributed by atoms with Crippen molar-refractivity contribution in [2.75, 3.05) is 11.8 Å². The van der Waals surface area contributed by atoms with Crippen LogP contribution < -0.4 is 4.72 Å². The lowest BCUT2D eigenvalue weighted by molar-refractivity contribution is 0.111. The van der Waals surface area contributed by atoms with Gasteiger partial charge in [0.2, 0.25) is 10.0 Å². The number of rotatable bonds is 5. The molecule has 0 aliphatic heterocycles. The van der Waals surface area contributed by atoms with Gasteiger partial charge in [-0.25, -0.2) is 8.42 Å². The standard InChI is InChI=1S/C16H20N2O3S/c1-21-15-8-5-9-16(15)22(19,20)17-13-6-4-7-14(12-13)18-10-2-3-11-18/h2-4,6-7,10-12,15-17H,5,8-9H2,1H3. The van der Waals surface area contributed by atoms with Crippen molar-refractivity contribution in [1.29, 1.82) is 0 Å². The van der Waals surface area contributed by atoms with Crippen molar-refractivity contribution in [2.45, 2.75) is 30.6 Å². The third kappa shape index (κ3) is 3.03. The van der Waals surface area contributed by atoms with Gasteiger partial charge in [0.15, 0.2) is 0 Å². The molecule has 0 saturated heterocycles. The minimum absolute atomic E-state index is 0.217. The Morgan fingerprint density at radius 1 is 1.18 bits per heavy atom. The molecule has 0 radical (unpaired) electrons. The molecule has 0 spiro atoms. The Morgan fingerprint density at radius 2 is 1.95 bits per heavy atom. The minimum Gasteiger partial charge on any atom is -0.380 e. The second kappa shape index (κ2) is 6.14. The number of benzene rings is 1. The van der Waals surface area contributed by atoms with Crippen molar-refractivity contribution in [3.63, 3.8) is 0 Å². The normalized spacial score (nSPS) is 21.9. The van der Waals surface area contributed by atoms with Crippen LogP contribution in [0.2, 0.25) is 0 Å². The fraction of sp³-hybridized carbons (Fsp3) is 0.375. The third-order valence-electron chi connectivity index (χ3n) is 4.10. The van der Waals surface area contributed by atoms with Crippen molar-refractivity contribution < 1.29 is 13.2 Å². The highest BCUT2D eigenvalue weighted by molar-refractivity contribution is 7.93. The van der Waals surface area contributed by atoms with Crippen molar-refractivity contribution in [2.24, 2.45) is 0 Å². The second-order valence-electron chi connectivity index (χ2n) is 5.53. The third-order valence-corrected chi connectivity index (χ3v) is 5.96. The number of hydrogen-bond acceptors (Lipinski definition) is 3. The molecule has 6 heteroatoms. The van der Waals surface area contributed by atoms with E-state index >= 15 is 0 Å². The Bertz CT molecular complexity index is 726. The zero-order valence-electron chi connectivity index (χ0n) is 12.5. The summed E-state index contributed by atoms with van der Waals surface area (Å²) in [5.41, 5.74) is 1.49. The number of anilines is 1. The van der Waals surface area contributed by atoms with Crippen molar-refractivity contribution in [3.8, 4) is 5.69 Å². The molecule has 0 amide bonds. The maximum absolute atomic E-state index is 12.6. The number of ether oxygens (including phenoxy) is 1. The lowest BCUT2D eigenvalue weighted by atomic mass is 10.3. The van der Waals surface area contributed by atoms with Crippen LogP contribution in [0.3, 0.4) is 0 Å². The molecular weight excluding hydrogens is 300 g/mol. The Kier molecular flexibility index (Phi) is 4.22. The first kappa shape index (κ1) is 15.1. The van der Waals surface area contributed by atoms with E-state index in [1.54, 1.807) is 13.2 Å². The summed E-state index contributed by atoms with van der Waals surface area (Å²) in [5, 5.41) is -0.479. The maximum Gasteiger partial charge on any atom is 0.238 e. The average molecular weight is 320 g/mol. The molecule has 1 saturated carbocycles. The van der Waals surface area contributed by atoms with E-state index in [1.807, 2.05) is 47.3 Å². The van der Waals surface area contributed by atoms with Crippen LogP contribution in [0, 0.1) is 0 Å². The van der Waals surface area contributed by atoms with Crippen molar-refractivity contribution in [3.05, 3.63) is 48.8 Å². The zero-order valence-corrected chi connectivity index (χ0v) is 13.3. The number of nitrogens with zero attached hydrogens (tertiary/aromatic N) is 1. The van der Waals surface area contributed by atoms with E-state index in [4.69, 9.17) is 4.74 Å². The fourth-order valence-electron chi connectivity index (χ4n) is 2.99. The zero-order chi connectivity index (χ0) is 15.6. The molecule has 2 aromatic rings. The smallest absolute Gasteiger partial charge is 0.238 e. The summed E-state index contributed by atoms with van der Waals surface area (Å²) in [6.07, 6.45) is 5.95. The summed E-state index contributed by atoms with van der Waals surface area (Å²) in [6, 6.07) is 11.2. The molecule has 1 aromatic heterocycles. The quantitative estimate of drug-likeness (QED) is 0.921. The molecule has 1 aliphatic rings. The lowest BCUT2D eigenvalue weighted by Crippen LogP contribution is -2.35. The maximum atomic E-state index is 12.6. The summed E-state index contributed by atoms with van der Waals surface area (Å²) in [6.45, 7) is 0. The van der Waals surface area contributed by atoms with Gasteiger partial charge >= 0.3 is 0 Å². The number of sulfonamides is 1. The van der Waals surface area contributed by atoms with Crippen LogP contribution in [0.25, 0.3) is 5.69 Å². The van der Waals surface area contributed by atoms with Gasteiger partial charge in [-0.2, -0.15) is 0 Å². The summed E-state index contributed by atoms with van der Waals surface area (Å²) >= 11 is 0. The second-order valence-corrected chi connectivity index (χ2v) is 7.43. The van der Waals surface area contributed by atoms with Gasteiger partial charge in [-0.3, -0.25) is 4.72 Å². The number of hydrogen-bond donors (Lipinski definition) is 1. The Balaban J connectivity index is 1.82. The molecule has 3 rings (SSSR count). The van der Waals surface area contributed by atoms with Gasteiger partial charge in [-0.05, 0) is 49.6 Å². The van der Waals surface area contributed by atoms with E-state index in [9.17, 15) is 8.42 Å². The molecule has 1 aliphatic carbocycles. The highest BCUT2D eigenvalue weighted by Gasteiger charge is 2.37. The van der Waals surface area contributed by atoms with Crippen molar-refractivity contribution >= 4 is 15.7 Å². The van der Waals surface area contributed by atoms with E-state index in [0.29, 0.717) is 12.1 Å². The van der Waals surface area contributed by atoms with Gasteiger partial charge in [-0.15, -0.1) is 0 Å². The van der Waals surface area contributed by atoms with Crippen molar-refractivity contribution in [1.82, 2.24) is 4.57 Å². The lowest BCUT2D eigenvalue weighted by Gasteiger charge is -2.20. The highest BCUT2D eigenvalue weighted by Crippen LogP contribution is 2.29. The first-order valence-corrected chi connectivity index (χ1v) is 8.92. The molecule has 118 valence electrons. The van der Waals surface area contributed by atoms with Crippen LogP contribution >= 0.6 is 0 Å². The summed E-state index contributed by atoms with van der Waals surface area (Å²) in [5.74, 6) is 0. The number of methoxy groups -OCH3 is 1. The first-order chi connectivity index (χ1) is 10.6. The van der Waals surface area contributed by atoms with Gasteiger partial charge in [0.25, 0.3) is 0 Å². The summed E-state index contributed by atoms with van der Waals surface area (Å²) in [7, 11) is -1.87. The highest BCUT2D eigenvalue weighted by atomic mass is 32.2. The predicted molar refractivity (Wildman–Crippen MR) is 86.7 cm³/mol. The van der Waals surface area contributed by atoms with Gasteiger partial charge < -0.3 is 9.30 Å². The molecule has 2 atom stereocenters. The fourth-order valence-corrected chi connectivity index (χ4v) is 4.72. The van der Waals surface area contributed by atoms with Crippen LogP contribution in [0.5, 0.6) is 0 Å². The minimum atomic E-state index is -3.44. The van der Waals surface area contributed by atoms with Crippen LogP contribution in [-0.2, 0) is 14.8 Å². The Morgan fingerprint density at radius 3 is 2.68 bits per heavy atom. The van der Waals surface area contributed by atoms with E-state index < -0.39 is 15.3 Å². The summed E-state index contributed by atoms with van der Waals surface area (Å²) < 4.78 is 35.1. The van der Waals surface area contributed by atoms with Gasteiger partial charge in [0.05, 0.1) is 11.8 Å². The van der Waals surface area contributed by atoms with E-state index in [0.717, 1.165) is 18.5 Å². The Hall–Kier alpha value is -1.79. The molecule has 1 fully saturated rings. The monoisotopic (exact) mass is 320 g/mol. The predicted octanol–water partition coefficient (Wildman–Crippen LogP) is 2.79. The molecule has 1 heterocycles. The van der Waals surface area contributed by atoms with Gasteiger partial charge in [0, 0.05) is 25.2 Å². The van der Waals surface area contributed by atoms with Crippen LogP contribution in [0.4, 0.5) is 5.69 Å². The van der Waals surface area contributed by atoms with Crippen LogP contribution in [0.15, 0.2) is 48.8 Å². The van der Waals surface area contributed by atoms with E-state index in [1.165, 1.54) is 0 Å². The molecule has 5 nitrogen and oxygen atoms in total. The average Bonchev–Trinajstić information content (AvgIpc) is 3.18. The molecule has 1 N–H and O–H groups in total. The molecular formula is C16H20N2O3S. The molecule has 2 unspecified atom stereocenters.